The van der Waals surface area contributed by atoms with Gasteiger partial charge in [0.25, 0.3) is 5.91 Å². The maximum absolute atomic E-state index is 12.8. The van der Waals surface area contributed by atoms with Gasteiger partial charge in [0.1, 0.15) is 0 Å². The summed E-state index contributed by atoms with van der Waals surface area (Å²) in [6.45, 7) is 2.03. The number of aromatic nitrogens is 2. The van der Waals surface area contributed by atoms with Gasteiger partial charge in [0.15, 0.2) is 0 Å². The second kappa shape index (κ2) is 6.26. The Morgan fingerprint density at radius 2 is 2.00 bits per heavy atom. The minimum Gasteiger partial charge on any atom is -0.375 e. The van der Waals surface area contributed by atoms with Crippen LogP contribution >= 0.6 is 0 Å². The first kappa shape index (κ1) is 17.3. The number of benzene rings is 1. The number of imidazole rings is 1. The number of hydrogen-bond donors (Lipinski definition) is 1. The Balaban J connectivity index is 1.54. The fraction of sp³-hybridized carbons (Fsp3) is 0.556. The van der Waals surface area contributed by atoms with E-state index in [2.05, 4.69) is 9.97 Å². The van der Waals surface area contributed by atoms with Crippen molar-refractivity contribution in [1.29, 1.82) is 0 Å². The lowest BCUT2D eigenvalue weighted by Crippen LogP contribution is -2.34. The van der Waals surface area contributed by atoms with E-state index in [4.69, 9.17) is 4.74 Å². The second-order valence-electron chi connectivity index (χ2n) is 7.10. The number of ether oxygens (including phenoxy) is 1. The molecule has 2 aromatic rings. The first-order valence-corrected chi connectivity index (χ1v) is 8.87. The van der Waals surface area contributed by atoms with Gasteiger partial charge in [-0.3, -0.25) is 4.79 Å². The van der Waals surface area contributed by atoms with Crippen LogP contribution in [-0.2, 0) is 10.9 Å². The summed E-state index contributed by atoms with van der Waals surface area (Å²) in [6, 6.07) is 4.44. The number of rotatable bonds is 1. The van der Waals surface area contributed by atoms with Crippen LogP contribution in [-0.4, -0.2) is 46.1 Å². The van der Waals surface area contributed by atoms with Crippen LogP contribution in [0.3, 0.4) is 0 Å². The summed E-state index contributed by atoms with van der Waals surface area (Å²) in [7, 11) is 0. The van der Waals surface area contributed by atoms with Gasteiger partial charge < -0.3 is 14.6 Å². The predicted molar refractivity (Wildman–Crippen MR) is 88.8 cm³/mol. The summed E-state index contributed by atoms with van der Waals surface area (Å²) in [5.74, 6) is -1.21. The van der Waals surface area contributed by atoms with Gasteiger partial charge in [-0.25, -0.2) is 4.98 Å². The number of halogens is 3. The molecule has 1 amide bonds. The zero-order chi connectivity index (χ0) is 18.4. The van der Waals surface area contributed by atoms with Crippen molar-refractivity contribution in [2.45, 2.75) is 43.9 Å². The van der Waals surface area contributed by atoms with Crippen molar-refractivity contribution in [3.8, 4) is 0 Å². The third-order valence-corrected chi connectivity index (χ3v) is 5.37. The molecule has 4 rings (SSSR count). The fourth-order valence-corrected chi connectivity index (χ4v) is 3.98. The highest BCUT2D eigenvalue weighted by Crippen LogP contribution is 2.36. The van der Waals surface area contributed by atoms with Crippen LogP contribution in [0.4, 0.5) is 13.2 Å². The molecule has 26 heavy (non-hydrogen) atoms. The van der Waals surface area contributed by atoms with Crippen LogP contribution in [0.2, 0.25) is 0 Å². The average molecular weight is 367 g/mol. The Kier molecular flexibility index (Phi) is 4.17. The van der Waals surface area contributed by atoms with Crippen molar-refractivity contribution < 1.29 is 22.7 Å². The molecule has 0 radical (unpaired) electrons. The van der Waals surface area contributed by atoms with E-state index in [0.717, 1.165) is 38.7 Å². The quantitative estimate of drug-likeness (QED) is 0.835. The van der Waals surface area contributed by atoms with E-state index in [0.29, 0.717) is 18.7 Å². The SMILES string of the molecule is O=C(c1ccc2nc(C(F)(F)F)[nH]c2c1)N1CCCC2(CCCO2)CC1. The summed E-state index contributed by atoms with van der Waals surface area (Å²) < 4.78 is 44.3. The Labute approximate surface area is 148 Å². The number of carbonyl (C=O) groups is 1. The van der Waals surface area contributed by atoms with Gasteiger partial charge in [0.05, 0.1) is 16.6 Å². The van der Waals surface area contributed by atoms with Crippen LogP contribution < -0.4 is 0 Å². The maximum Gasteiger partial charge on any atom is 0.449 e. The maximum atomic E-state index is 12.8. The van der Waals surface area contributed by atoms with Gasteiger partial charge in [-0.1, -0.05) is 0 Å². The molecule has 2 aliphatic rings. The zero-order valence-electron chi connectivity index (χ0n) is 14.2. The molecule has 1 spiro atoms. The van der Waals surface area contributed by atoms with Crippen LogP contribution in [0.5, 0.6) is 0 Å². The highest BCUT2D eigenvalue weighted by Gasteiger charge is 2.38. The number of nitrogens with one attached hydrogen (secondary N) is 1. The third kappa shape index (κ3) is 3.18. The number of hydrogen-bond acceptors (Lipinski definition) is 3. The molecule has 1 aromatic carbocycles. The van der Waals surface area contributed by atoms with Crippen LogP contribution in [0.15, 0.2) is 18.2 Å². The van der Waals surface area contributed by atoms with Gasteiger partial charge in [-0.2, -0.15) is 13.2 Å². The second-order valence-corrected chi connectivity index (χ2v) is 7.10. The monoisotopic (exact) mass is 367 g/mol. The van der Waals surface area contributed by atoms with Gasteiger partial charge in [0.2, 0.25) is 5.82 Å². The van der Waals surface area contributed by atoms with E-state index >= 15 is 0 Å². The van der Waals surface area contributed by atoms with E-state index in [9.17, 15) is 18.0 Å². The van der Waals surface area contributed by atoms with E-state index in [-0.39, 0.29) is 22.5 Å². The van der Waals surface area contributed by atoms with Crippen molar-refractivity contribution in [3.05, 3.63) is 29.6 Å². The molecule has 2 saturated heterocycles. The molecular formula is C18H20F3N3O2. The molecule has 2 fully saturated rings. The fourth-order valence-electron chi connectivity index (χ4n) is 3.98. The number of carbonyl (C=O) groups excluding carboxylic acids is 1. The molecule has 1 atom stereocenters. The lowest BCUT2D eigenvalue weighted by molar-refractivity contribution is -0.144. The summed E-state index contributed by atoms with van der Waals surface area (Å²) >= 11 is 0. The summed E-state index contributed by atoms with van der Waals surface area (Å²) in [6.07, 6.45) is 0.190. The Morgan fingerprint density at radius 3 is 2.73 bits per heavy atom. The van der Waals surface area contributed by atoms with Crippen LogP contribution in [0, 0.1) is 0 Å². The van der Waals surface area contributed by atoms with Crippen molar-refractivity contribution in [2.75, 3.05) is 19.7 Å². The predicted octanol–water partition coefficient (Wildman–Crippen LogP) is 3.76. The normalized spacial score (nSPS) is 24.3. The highest BCUT2D eigenvalue weighted by molar-refractivity contribution is 5.97. The van der Waals surface area contributed by atoms with E-state index in [1.165, 1.54) is 12.1 Å². The van der Waals surface area contributed by atoms with E-state index < -0.39 is 12.0 Å². The number of amides is 1. The number of likely N-dealkylation sites (tertiary alicyclic amines) is 1. The molecular weight excluding hydrogens is 347 g/mol. The lowest BCUT2D eigenvalue weighted by atomic mass is 9.92. The summed E-state index contributed by atoms with van der Waals surface area (Å²) in [5, 5.41) is 0. The number of nitrogens with zero attached hydrogens (tertiary/aromatic N) is 2. The Hall–Kier alpha value is -2.09. The molecule has 0 aliphatic carbocycles. The molecule has 5 nitrogen and oxygen atoms in total. The number of aromatic amines is 1. The van der Waals surface area contributed by atoms with Gasteiger partial charge >= 0.3 is 6.18 Å². The van der Waals surface area contributed by atoms with Crippen LogP contribution in [0.25, 0.3) is 11.0 Å². The molecule has 0 saturated carbocycles. The van der Waals surface area contributed by atoms with Gasteiger partial charge in [-0.05, 0) is 50.3 Å². The molecule has 140 valence electrons. The molecule has 0 bridgehead atoms. The average Bonchev–Trinajstić information content (AvgIpc) is 3.17. The highest BCUT2D eigenvalue weighted by atomic mass is 19.4. The molecule has 2 aliphatic heterocycles. The van der Waals surface area contributed by atoms with Crippen LogP contribution in [0.1, 0.15) is 48.3 Å². The van der Waals surface area contributed by atoms with E-state index in [1.54, 1.807) is 11.0 Å². The minimum absolute atomic E-state index is 0.0933. The Morgan fingerprint density at radius 1 is 1.19 bits per heavy atom. The topological polar surface area (TPSA) is 58.2 Å². The summed E-state index contributed by atoms with van der Waals surface area (Å²) in [4.78, 5) is 20.4. The molecule has 8 heteroatoms. The molecule has 1 unspecified atom stereocenters. The largest absolute Gasteiger partial charge is 0.449 e. The number of H-pyrrole nitrogens is 1. The first-order chi connectivity index (χ1) is 12.4. The smallest absolute Gasteiger partial charge is 0.375 e. The first-order valence-electron chi connectivity index (χ1n) is 8.87. The third-order valence-electron chi connectivity index (χ3n) is 5.37. The van der Waals surface area contributed by atoms with Crippen molar-refractivity contribution in [3.63, 3.8) is 0 Å². The van der Waals surface area contributed by atoms with Crippen molar-refractivity contribution in [1.82, 2.24) is 14.9 Å². The summed E-state index contributed by atoms with van der Waals surface area (Å²) in [5.41, 5.74) is 0.694. The zero-order valence-corrected chi connectivity index (χ0v) is 14.2. The van der Waals surface area contributed by atoms with Gasteiger partial charge in [0, 0.05) is 25.3 Å². The van der Waals surface area contributed by atoms with E-state index in [1.807, 2.05) is 0 Å². The lowest BCUT2D eigenvalue weighted by Gasteiger charge is -2.27. The van der Waals surface area contributed by atoms with Gasteiger partial charge in [-0.15, -0.1) is 0 Å². The number of alkyl halides is 3. The van der Waals surface area contributed by atoms with Crippen molar-refractivity contribution in [2.24, 2.45) is 0 Å². The molecule has 1 aromatic heterocycles. The van der Waals surface area contributed by atoms with Crippen molar-refractivity contribution >= 4 is 16.9 Å². The molecule has 1 N–H and O–H groups in total. The minimum atomic E-state index is -4.54. The Bertz CT molecular complexity index is 825. The number of fused-ring (bicyclic) bond motifs is 1. The molecule has 3 heterocycles. The standard InChI is InChI=1S/C18H20F3N3O2/c19-18(20,21)16-22-13-4-3-12(11-14(13)23-16)15(25)24-8-1-5-17(7-9-24)6-2-10-26-17/h3-4,11H,1-2,5-10H2,(H,22,23).